The molecule has 2 aliphatic carbocycles. The van der Waals surface area contributed by atoms with Crippen LogP contribution in [0.4, 0.5) is 0 Å². The SMILES string of the molecule is Oc1ccc2cc(Oc3ccc(C4(c5ccc(Oc6ccc7c(-c8c(O)ccc9cc(Oc%10ccc(C%11(c%12ccc(Oc%13ccc%14cc(O)ccc%14c%13)cc%12)c%12ccccc%12-c%12ccccc%12%11)cc%10)ccc89)c(O)ccc7c6)cc5)c5ccccc5-c5ccccc54)cc3)ccc2c1. The maximum atomic E-state index is 11.8. The maximum Gasteiger partial charge on any atom is 0.128 e. The molecule has 0 fully saturated rings. The van der Waals surface area contributed by atoms with Gasteiger partial charge in [-0.15, -0.1) is 0 Å². The first kappa shape index (κ1) is 57.6. The quantitative estimate of drug-likeness (QED) is 0.0902. The average molecular weight is 1270 g/mol. The van der Waals surface area contributed by atoms with E-state index in [-0.39, 0.29) is 23.0 Å². The molecule has 8 heteroatoms. The third-order valence-corrected chi connectivity index (χ3v) is 19.8. The van der Waals surface area contributed by atoms with Gasteiger partial charge in [-0.05, 0) is 255 Å². The minimum absolute atomic E-state index is 0.0299. The number of fused-ring (bicyclic) bond motifs is 10. The van der Waals surface area contributed by atoms with Crippen LogP contribution in [0.15, 0.2) is 328 Å². The lowest BCUT2D eigenvalue weighted by atomic mass is 9.68. The van der Waals surface area contributed by atoms with Crippen molar-refractivity contribution < 1.29 is 39.4 Å². The highest BCUT2D eigenvalue weighted by molar-refractivity contribution is 6.10. The highest BCUT2D eigenvalue weighted by Gasteiger charge is 2.47. The van der Waals surface area contributed by atoms with E-state index in [0.29, 0.717) is 57.1 Å². The first-order valence-corrected chi connectivity index (χ1v) is 32.6. The molecule has 0 aliphatic heterocycles. The molecule has 16 aromatic rings. The molecule has 0 spiro atoms. The van der Waals surface area contributed by atoms with Gasteiger partial charge >= 0.3 is 0 Å². The van der Waals surface area contributed by atoms with Crippen molar-refractivity contribution >= 4 is 43.1 Å². The Balaban J connectivity index is 0.621. The first-order chi connectivity index (χ1) is 48.1. The molecule has 0 atom stereocenters. The summed E-state index contributed by atoms with van der Waals surface area (Å²) in [5.41, 5.74) is 13.5. The van der Waals surface area contributed by atoms with Crippen molar-refractivity contribution in [3.05, 3.63) is 372 Å². The fourth-order valence-electron chi connectivity index (χ4n) is 15.5. The molecule has 0 aromatic heterocycles. The summed E-state index contributed by atoms with van der Waals surface area (Å²) in [5.74, 6) is 5.87. The van der Waals surface area contributed by atoms with Crippen molar-refractivity contribution in [3.8, 4) is 102 Å². The van der Waals surface area contributed by atoms with Crippen molar-refractivity contribution in [1.29, 1.82) is 0 Å². The standard InChI is InChI=1S/C90H58O8/c91-65-31-17-57-51-71(33-19-55(57)49-65)95-67-35-23-61(24-36-67)89(81-13-5-1-9-77(81)78-10-2-6-14-82(78)89)63-27-39-69(40-28-63)97-73-43-45-75-59(53-73)21-47-85(93)87(75)88-76-46-44-74(54-60(76)22-48-86(88)94)98-70-41-29-64(30-42-70)90(83-15-7-3-11-79(83)80-12-4-8-16-84(80)90)62-25-37-68(38-26-62)96-72-34-20-56-50-66(92)32-18-58(56)52-72/h1-54,91-94H. The number of phenolic OH excluding ortho intramolecular Hbond substituents is 4. The molecule has 0 radical (unpaired) electrons. The van der Waals surface area contributed by atoms with Gasteiger partial charge in [-0.2, -0.15) is 0 Å². The van der Waals surface area contributed by atoms with Gasteiger partial charge in [-0.3, -0.25) is 0 Å². The van der Waals surface area contributed by atoms with Crippen LogP contribution >= 0.6 is 0 Å². The Kier molecular flexibility index (Phi) is 13.4. The monoisotopic (exact) mass is 1270 g/mol. The Labute approximate surface area is 564 Å². The number of aromatic hydroxyl groups is 4. The van der Waals surface area contributed by atoms with E-state index in [1.54, 1.807) is 36.4 Å². The zero-order valence-corrected chi connectivity index (χ0v) is 52.6. The predicted octanol–water partition coefficient (Wildman–Crippen LogP) is 22.7. The second kappa shape index (κ2) is 22.9. The van der Waals surface area contributed by atoms with Crippen molar-refractivity contribution in [2.75, 3.05) is 0 Å². The Morgan fingerprint density at radius 3 is 0.765 bits per heavy atom. The van der Waals surface area contributed by atoms with E-state index >= 15 is 0 Å². The molecule has 16 aromatic carbocycles. The molecular weight excluding hydrogens is 1210 g/mol. The Hall–Kier alpha value is -13.0. The summed E-state index contributed by atoms with van der Waals surface area (Å²) >= 11 is 0. The van der Waals surface area contributed by atoms with Gasteiger partial charge in [0.1, 0.15) is 69.0 Å². The van der Waals surface area contributed by atoms with Crippen LogP contribution in [0.2, 0.25) is 0 Å². The van der Waals surface area contributed by atoms with Crippen LogP contribution in [0.1, 0.15) is 44.5 Å². The lowest BCUT2D eigenvalue weighted by molar-refractivity contribution is 0.470. The summed E-state index contributed by atoms with van der Waals surface area (Å²) in [6.45, 7) is 0. The van der Waals surface area contributed by atoms with E-state index in [2.05, 4.69) is 146 Å². The van der Waals surface area contributed by atoms with Crippen LogP contribution in [-0.2, 0) is 10.8 Å². The van der Waals surface area contributed by atoms with Crippen molar-refractivity contribution in [2.45, 2.75) is 10.8 Å². The predicted molar refractivity (Wildman–Crippen MR) is 389 cm³/mol. The average Bonchev–Trinajstić information content (AvgIpc) is 1.55. The van der Waals surface area contributed by atoms with Crippen molar-refractivity contribution in [3.63, 3.8) is 0 Å². The number of rotatable bonds is 13. The Morgan fingerprint density at radius 1 is 0.204 bits per heavy atom. The van der Waals surface area contributed by atoms with Gasteiger partial charge in [0, 0.05) is 11.1 Å². The van der Waals surface area contributed by atoms with E-state index in [4.69, 9.17) is 18.9 Å². The van der Waals surface area contributed by atoms with Gasteiger partial charge in [-0.1, -0.05) is 182 Å². The number of ether oxygens (including phenoxy) is 4. The summed E-state index contributed by atoms with van der Waals surface area (Å²) in [6.07, 6.45) is 0. The third kappa shape index (κ3) is 9.44. The normalized spacial score (nSPS) is 13.0. The molecule has 2 aliphatic rings. The second-order valence-corrected chi connectivity index (χ2v) is 25.3. The zero-order chi connectivity index (χ0) is 65.6. The Bertz CT molecular complexity index is 5410. The zero-order valence-electron chi connectivity index (χ0n) is 52.6. The molecule has 0 bridgehead atoms. The second-order valence-electron chi connectivity index (χ2n) is 25.3. The molecule has 18 rings (SSSR count). The number of benzene rings is 16. The minimum Gasteiger partial charge on any atom is -0.508 e. The van der Waals surface area contributed by atoms with Gasteiger partial charge in [0.05, 0.1) is 10.8 Å². The molecular formula is C90H58O8. The number of phenols is 4. The van der Waals surface area contributed by atoms with Gasteiger partial charge in [0.25, 0.3) is 0 Å². The fraction of sp³-hybridized carbons (Fsp3) is 0.0222. The third-order valence-electron chi connectivity index (χ3n) is 19.8. The lowest BCUT2D eigenvalue weighted by Crippen LogP contribution is -2.28. The minimum atomic E-state index is -0.657. The topological polar surface area (TPSA) is 118 Å². The maximum absolute atomic E-state index is 11.8. The van der Waals surface area contributed by atoms with Crippen LogP contribution in [0.5, 0.6) is 69.0 Å². The first-order valence-electron chi connectivity index (χ1n) is 32.6. The van der Waals surface area contributed by atoms with Gasteiger partial charge in [0.15, 0.2) is 0 Å². The number of hydrogen-bond donors (Lipinski definition) is 4. The van der Waals surface area contributed by atoms with Crippen LogP contribution in [0.3, 0.4) is 0 Å². The largest absolute Gasteiger partial charge is 0.508 e. The van der Waals surface area contributed by atoms with E-state index in [0.717, 1.165) is 65.3 Å². The molecule has 466 valence electrons. The summed E-state index contributed by atoms with van der Waals surface area (Å²) in [6, 6.07) is 109. The lowest BCUT2D eigenvalue weighted by Gasteiger charge is -2.34. The molecule has 4 N–H and O–H groups in total. The van der Waals surface area contributed by atoms with Crippen LogP contribution < -0.4 is 18.9 Å². The van der Waals surface area contributed by atoms with Crippen molar-refractivity contribution in [1.82, 2.24) is 0 Å². The summed E-state index contributed by atoms with van der Waals surface area (Å²) in [4.78, 5) is 0. The van der Waals surface area contributed by atoms with Gasteiger partial charge < -0.3 is 39.4 Å². The summed E-state index contributed by atoms with van der Waals surface area (Å²) < 4.78 is 26.2. The molecule has 0 saturated heterocycles. The molecule has 8 nitrogen and oxygen atoms in total. The van der Waals surface area contributed by atoms with Gasteiger partial charge in [-0.25, -0.2) is 0 Å². The highest BCUT2D eigenvalue weighted by atomic mass is 16.5. The van der Waals surface area contributed by atoms with Gasteiger partial charge in [0.2, 0.25) is 0 Å². The summed E-state index contributed by atoms with van der Waals surface area (Å²) in [5, 5.41) is 50.5. The highest BCUT2D eigenvalue weighted by Crippen LogP contribution is 2.59. The van der Waals surface area contributed by atoms with E-state index in [1.807, 2.05) is 146 Å². The van der Waals surface area contributed by atoms with Crippen LogP contribution in [-0.4, -0.2) is 20.4 Å². The smallest absolute Gasteiger partial charge is 0.128 e. The number of hydrogen-bond acceptors (Lipinski definition) is 8. The van der Waals surface area contributed by atoms with E-state index < -0.39 is 10.8 Å². The van der Waals surface area contributed by atoms with Crippen molar-refractivity contribution in [2.24, 2.45) is 0 Å². The van der Waals surface area contributed by atoms with Crippen LogP contribution in [0, 0.1) is 0 Å². The molecule has 98 heavy (non-hydrogen) atoms. The fourth-order valence-corrected chi connectivity index (χ4v) is 15.5. The Morgan fingerprint density at radius 2 is 0.449 bits per heavy atom. The summed E-state index contributed by atoms with van der Waals surface area (Å²) in [7, 11) is 0. The molecule has 0 amide bonds. The molecule has 0 heterocycles. The van der Waals surface area contributed by atoms with E-state index in [1.165, 1.54) is 44.5 Å². The van der Waals surface area contributed by atoms with E-state index in [9.17, 15) is 20.4 Å². The molecule has 0 unspecified atom stereocenters. The van der Waals surface area contributed by atoms with Crippen LogP contribution in [0.25, 0.3) is 76.5 Å². The molecule has 0 saturated carbocycles.